The molecular formula is C13H17ClN4OS. The van der Waals surface area contributed by atoms with Crippen molar-refractivity contribution in [1.29, 1.82) is 0 Å². The Labute approximate surface area is 128 Å². The first-order chi connectivity index (χ1) is 9.19. The van der Waals surface area contributed by atoms with Crippen LogP contribution in [0.25, 0.3) is 0 Å². The molecule has 1 heterocycles. The molecule has 1 aromatic carbocycles. The zero-order chi connectivity index (χ0) is 13.7. The van der Waals surface area contributed by atoms with Gasteiger partial charge in [-0.1, -0.05) is 48.6 Å². The van der Waals surface area contributed by atoms with Gasteiger partial charge >= 0.3 is 0 Å². The minimum absolute atomic E-state index is 0. The Kier molecular flexibility index (Phi) is 6.57. The molecular weight excluding hydrogens is 296 g/mol. The Morgan fingerprint density at radius 3 is 2.65 bits per heavy atom. The van der Waals surface area contributed by atoms with Gasteiger partial charge in [0, 0.05) is 12.5 Å². The van der Waals surface area contributed by atoms with Gasteiger partial charge in [0.05, 0.1) is 0 Å². The lowest BCUT2D eigenvalue weighted by molar-refractivity contribution is -0.116. The van der Waals surface area contributed by atoms with Crippen LogP contribution in [0.15, 0.2) is 30.3 Å². The van der Waals surface area contributed by atoms with Crippen LogP contribution in [-0.2, 0) is 11.2 Å². The number of anilines is 1. The van der Waals surface area contributed by atoms with Crippen molar-refractivity contribution in [3.8, 4) is 0 Å². The number of aryl methyl sites for hydroxylation is 1. The van der Waals surface area contributed by atoms with E-state index in [1.165, 1.54) is 11.3 Å². The molecule has 3 N–H and O–H groups in total. The van der Waals surface area contributed by atoms with Crippen LogP contribution >= 0.6 is 23.7 Å². The number of hydrogen-bond donors (Lipinski definition) is 2. The molecule has 0 radical (unpaired) electrons. The molecule has 20 heavy (non-hydrogen) atoms. The van der Waals surface area contributed by atoms with Gasteiger partial charge in [-0.25, -0.2) is 0 Å². The molecule has 0 fully saturated rings. The van der Waals surface area contributed by atoms with E-state index in [9.17, 15) is 4.79 Å². The molecule has 0 aliphatic heterocycles. The molecule has 0 spiro atoms. The van der Waals surface area contributed by atoms with Crippen LogP contribution in [0.2, 0.25) is 0 Å². The number of hydrogen-bond acceptors (Lipinski definition) is 5. The van der Waals surface area contributed by atoms with Gasteiger partial charge in [-0.3, -0.25) is 4.79 Å². The summed E-state index contributed by atoms with van der Waals surface area (Å²) in [5.74, 6) is -0.143. The smallest absolute Gasteiger partial charge is 0.228 e. The molecule has 2 aromatic rings. The third-order valence-electron chi connectivity index (χ3n) is 2.65. The molecule has 1 aromatic heterocycles. The van der Waals surface area contributed by atoms with E-state index in [4.69, 9.17) is 5.73 Å². The van der Waals surface area contributed by atoms with E-state index in [-0.39, 0.29) is 30.8 Å². The molecule has 0 saturated heterocycles. The summed E-state index contributed by atoms with van der Waals surface area (Å²) in [6, 6.07) is 9.26. The van der Waals surface area contributed by atoms with Crippen molar-refractivity contribution >= 4 is 34.8 Å². The number of halogens is 1. The lowest BCUT2D eigenvalue weighted by Gasteiger charge is -2.10. The maximum absolute atomic E-state index is 11.8. The Morgan fingerprint density at radius 2 is 2.05 bits per heavy atom. The number of carbonyl (C=O) groups excluding carboxylic acids is 1. The van der Waals surface area contributed by atoms with E-state index in [0.717, 1.165) is 17.0 Å². The van der Waals surface area contributed by atoms with Crippen LogP contribution in [0.1, 0.15) is 30.0 Å². The minimum Gasteiger partial charge on any atom is -0.324 e. The number of carbonyl (C=O) groups is 1. The van der Waals surface area contributed by atoms with E-state index < -0.39 is 0 Å². The molecule has 0 aliphatic rings. The van der Waals surface area contributed by atoms with E-state index in [1.54, 1.807) is 0 Å². The fraction of sp³-hybridized carbons (Fsp3) is 0.308. The summed E-state index contributed by atoms with van der Waals surface area (Å²) in [6.07, 6.45) is 1.04. The van der Waals surface area contributed by atoms with Gasteiger partial charge in [0.25, 0.3) is 0 Å². The highest BCUT2D eigenvalue weighted by Gasteiger charge is 2.13. The highest BCUT2D eigenvalue weighted by atomic mass is 35.5. The number of aromatic nitrogens is 2. The lowest BCUT2D eigenvalue weighted by Crippen LogP contribution is -2.20. The van der Waals surface area contributed by atoms with Crippen molar-refractivity contribution in [3.05, 3.63) is 40.9 Å². The Hall–Kier alpha value is -1.50. The van der Waals surface area contributed by atoms with Crippen molar-refractivity contribution in [1.82, 2.24) is 10.2 Å². The van der Waals surface area contributed by atoms with Gasteiger partial charge in [-0.05, 0) is 12.0 Å². The van der Waals surface area contributed by atoms with Crippen molar-refractivity contribution in [2.24, 2.45) is 5.73 Å². The van der Waals surface area contributed by atoms with Crippen molar-refractivity contribution in [2.75, 3.05) is 5.32 Å². The Balaban J connectivity index is 0.00000200. The van der Waals surface area contributed by atoms with Crippen LogP contribution < -0.4 is 11.1 Å². The lowest BCUT2D eigenvalue weighted by atomic mass is 10.0. The van der Waals surface area contributed by atoms with E-state index in [0.29, 0.717) is 5.13 Å². The normalized spacial score (nSPS) is 11.5. The second-order valence-electron chi connectivity index (χ2n) is 4.12. The van der Waals surface area contributed by atoms with Crippen LogP contribution in [0.3, 0.4) is 0 Å². The maximum atomic E-state index is 11.8. The molecule has 1 unspecified atom stereocenters. The first-order valence-corrected chi connectivity index (χ1v) is 6.93. The highest BCUT2D eigenvalue weighted by Crippen LogP contribution is 2.18. The van der Waals surface area contributed by atoms with Crippen molar-refractivity contribution in [2.45, 2.75) is 25.8 Å². The fourth-order valence-electron chi connectivity index (χ4n) is 1.64. The molecule has 1 atom stereocenters. The predicted octanol–water partition coefficient (Wildman–Crippen LogP) is 2.55. The van der Waals surface area contributed by atoms with Crippen LogP contribution in [-0.4, -0.2) is 16.1 Å². The summed E-state index contributed by atoms with van der Waals surface area (Å²) in [7, 11) is 0. The van der Waals surface area contributed by atoms with Gasteiger partial charge < -0.3 is 11.1 Å². The summed E-state index contributed by atoms with van der Waals surface area (Å²) < 4.78 is 0. The summed E-state index contributed by atoms with van der Waals surface area (Å²) in [4.78, 5) is 11.8. The van der Waals surface area contributed by atoms with Crippen LogP contribution in [0.4, 0.5) is 5.13 Å². The first kappa shape index (κ1) is 16.6. The number of nitrogens with zero attached hydrogens (tertiary/aromatic N) is 2. The largest absolute Gasteiger partial charge is 0.324 e. The third-order valence-corrected chi connectivity index (χ3v) is 3.63. The maximum Gasteiger partial charge on any atom is 0.228 e. The van der Waals surface area contributed by atoms with Crippen LogP contribution in [0, 0.1) is 0 Å². The third kappa shape index (κ3) is 4.56. The number of benzene rings is 1. The molecule has 2 rings (SSSR count). The average Bonchev–Trinajstić information content (AvgIpc) is 2.87. The summed E-state index contributed by atoms with van der Waals surface area (Å²) in [6.45, 7) is 2.00. The second kappa shape index (κ2) is 7.94. The molecule has 1 amide bonds. The number of rotatable bonds is 5. The topological polar surface area (TPSA) is 80.9 Å². The Bertz CT molecular complexity index is 546. The molecule has 0 bridgehead atoms. The van der Waals surface area contributed by atoms with E-state index >= 15 is 0 Å². The van der Waals surface area contributed by atoms with Crippen molar-refractivity contribution < 1.29 is 4.79 Å². The zero-order valence-corrected chi connectivity index (χ0v) is 12.7. The minimum atomic E-state index is -0.306. The first-order valence-electron chi connectivity index (χ1n) is 6.11. The molecule has 0 aliphatic carbocycles. The summed E-state index contributed by atoms with van der Waals surface area (Å²) in [5, 5.41) is 12.0. The van der Waals surface area contributed by atoms with E-state index in [2.05, 4.69) is 15.5 Å². The van der Waals surface area contributed by atoms with Gasteiger partial charge in [0.15, 0.2) is 0 Å². The van der Waals surface area contributed by atoms with Gasteiger partial charge in [-0.15, -0.1) is 22.6 Å². The van der Waals surface area contributed by atoms with Crippen LogP contribution in [0.5, 0.6) is 0 Å². The van der Waals surface area contributed by atoms with E-state index in [1.807, 2.05) is 37.3 Å². The van der Waals surface area contributed by atoms with Gasteiger partial charge in [0.1, 0.15) is 5.01 Å². The summed E-state index contributed by atoms with van der Waals surface area (Å²) >= 11 is 1.39. The molecule has 0 saturated carbocycles. The summed E-state index contributed by atoms with van der Waals surface area (Å²) in [5.41, 5.74) is 6.94. The standard InChI is InChI=1S/C13H16N4OS.ClH/c1-2-12-16-17-13(19-12)15-11(18)8-10(14)9-6-4-3-5-7-9;/h3-7,10H,2,8,14H2,1H3,(H,15,17,18);1H. The average molecular weight is 313 g/mol. The fourth-order valence-corrected chi connectivity index (χ4v) is 2.33. The molecule has 108 valence electrons. The monoisotopic (exact) mass is 312 g/mol. The Morgan fingerprint density at radius 1 is 1.35 bits per heavy atom. The number of amides is 1. The zero-order valence-electron chi connectivity index (χ0n) is 11.1. The van der Waals surface area contributed by atoms with Crippen molar-refractivity contribution in [3.63, 3.8) is 0 Å². The highest BCUT2D eigenvalue weighted by molar-refractivity contribution is 7.15. The van der Waals surface area contributed by atoms with Gasteiger partial charge in [-0.2, -0.15) is 0 Å². The SMILES string of the molecule is CCc1nnc(NC(=O)CC(N)c2ccccc2)s1.Cl. The van der Waals surface area contributed by atoms with Gasteiger partial charge in [0.2, 0.25) is 11.0 Å². The molecule has 5 nitrogen and oxygen atoms in total. The quantitative estimate of drug-likeness (QED) is 0.889. The predicted molar refractivity (Wildman–Crippen MR) is 83.2 cm³/mol. The number of nitrogens with two attached hydrogens (primary N) is 1. The number of nitrogens with one attached hydrogen (secondary N) is 1. The second-order valence-corrected chi connectivity index (χ2v) is 5.19. The molecule has 7 heteroatoms.